The zero-order valence-corrected chi connectivity index (χ0v) is 26.3. The summed E-state index contributed by atoms with van der Waals surface area (Å²) in [5.74, 6) is -0.414. The van der Waals surface area contributed by atoms with Gasteiger partial charge in [0.05, 0.1) is 19.3 Å². The van der Waals surface area contributed by atoms with Crippen LogP contribution in [-0.4, -0.2) is 80.0 Å². The first-order valence-electron chi connectivity index (χ1n) is 16.4. The van der Waals surface area contributed by atoms with Crippen molar-refractivity contribution in [2.45, 2.75) is 95.9 Å². The fourth-order valence-electron chi connectivity index (χ4n) is 5.97. The molecule has 1 aliphatic carbocycles. The normalized spacial score (nSPS) is 18.3. The Balaban J connectivity index is 1.55. The monoisotopic (exact) mass is 607 g/mol. The van der Waals surface area contributed by atoms with Crippen LogP contribution in [0.5, 0.6) is 0 Å². The second-order valence-electron chi connectivity index (χ2n) is 11.9. The summed E-state index contributed by atoms with van der Waals surface area (Å²) in [5.41, 5.74) is 1.86. The molecule has 1 saturated heterocycles. The number of benzene rings is 2. The zero-order valence-electron chi connectivity index (χ0n) is 26.3. The van der Waals surface area contributed by atoms with E-state index in [-0.39, 0.29) is 17.9 Å². The molecule has 0 radical (unpaired) electrons. The maximum absolute atomic E-state index is 13.8. The van der Waals surface area contributed by atoms with Crippen molar-refractivity contribution in [3.8, 4) is 0 Å². The Morgan fingerprint density at radius 2 is 1.66 bits per heavy atom. The Labute approximate surface area is 262 Å². The van der Waals surface area contributed by atoms with E-state index in [0.29, 0.717) is 62.9 Å². The first-order chi connectivity index (χ1) is 21.5. The van der Waals surface area contributed by atoms with E-state index in [0.717, 1.165) is 31.2 Å². The van der Waals surface area contributed by atoms with Gasteiger partial charge in [-0.25, -0.2) is 4.79 Å². The van der Waals surface area contributed by atoms with Gasteiger partial charge in [-0.2, -0.15) is 0 Å². The van der Waals surface area contributed by atoms with Gasteiger partial charge in [0.2, 0.25) is 0 Å². The summed E-state index contributed by atoms with van der Waals surface area (Å²) in [6.07, 6.45) is 6.72. The second kappa shape index (κ2) is 17.8. The van der Waals surface area contributed by atoms with Gasteiger partial charge in [0.25, 0.3) is 11.8 Å². The molecule has 2 amide bonds. The molecule has 0 aromatic heterocycles. The Hall–Kier alpha value is -3.43. The van der Waals surface area contributed by atoms with Crippen LogP contribution in [-0.2, 0) is 20.6 Å². The van der Waals surface area contributed by atoms with Crippen LogP contribution in [0.3, 0.4) is 0 Å². The zero-order chi connectivity index (χ0) is 31.1. The van der Waals surface area contributed by atoms with Crippen LogP contribution < -0.4 is 10.6 Å². The first-order valence-corrected chi connectivity index (χ1v) is 16.4. The SMILES string of the molecule is CCCN(CCC)C(=O)c1cccc(C(=O)N[C@@H](Cc2ccccc2)C(CNC2CCCCC2)OC(=O)OC2CCOC2)c1. The summed E-state index contributed by atoms with van der Waals surface area (Å²) in [5, 5.41) is 6.75. The molecule has 1 aliphatic heterocycles. The minimum atomic E-state index is -0.761. The van der Waals surface area contributed by atoms with Gasteiger partial charge in [0, 0.05) is 43.2 Å². The molecular formula is C35H49N3O6. The van der Waals surface area contributed by atoms with Crippen molar-refractivity contribution in [2.75, 3.05) is 32.8 Å². The van der Waals surface area contributed by atoms with Crippen LogP contribution >= 0.6 is 0 Å². The van der Waals surface area contributed by atoms with E-state index in [1.54, 1.807) is 24.3 Å². The molecule has 2 aromatic carbocycles. The van der Waals surface area contributed by atoms with Crippen molar-refractivity contribution in [3.05, 3.63) is 71.3 Å². The number of carbonyl (C=O) groups excluding carboxylic acids is 3. The number of hydrogen-bond acceptors (Lipinski definition) is 7. The van der Waals surface area contributed by atoms with Gasteiger partial charge >= 0.3 is 6.16 Å². The van der Waals surface area contributed by atoms with Crippen molar-refractivity contribution < 1.29 is 28.6 Å². The van der Waals surface area contributed by atoms with Crippen molar-refractivity contribution in [1.82, 2.24) is 15.5 Å². The number of nitrogens with zero attached hydrogens (tertiary/aromatic N) is 1. The highest BCUT2D eigenvalue weighted by atomic mass is 16.7. The average molecular weight is 608 g/mol. The number of rotatable bonds is 15. The van der Waals surface area contributed by atoms with Crippen molar-refractivity contribution in [2.24, 2.45) is 0 Å². The predicted molar refractivity (Wildman–Crippen MR) is 170 cm³/mol. The molecule has 9 heteroatoms. The Bertz CT molecular complexity index is 1170. The van der Waals surface area contributed by atoms with Gasteiger partial charge in [-0.05, 0) is 55.9 Å². The molecule has 1 heterocycles. The number of nitrogens with one attached hydrogen (secondary N) is 2. The third-order valence-corrected chi connectivity index (χ3v) is 8.32. The molecule has 2 unspecified atom stereocenters. The van der Waals surface area contributed by atoms with E-state index in [9.17, 15) is 14.4 Å². The molecule has 240 valence electrons. The summed E-state index contributed by atoms with van der Waals surface area (Å²) < 4.78 is 16.9. The Kier molecular flexibility index (Phi) is 13.5. The van der Waals surface area contributed by atoms with Crippen LogP contribution in [0.4, 0.5) is 4.79 Å². The smallest absolute Gasteiger partial charge is 0.428 e. The number of hydrogen-bond donors (Lipinski definition) is 2. The molecule has 9 nitrogen and oxygen atoms in total. The lowest BCUT2D eigenvalue weighted by atomic mass is 9.94. The fraction of sp³-hybridized carbons (Fsp3) is 0.571. The van der Waals surface area contributed by atoms with Crippen molar-refractivity contribution >= 4 is 18.0 Å². The molecule has 2 N–H and O–H groups in total. The fourth-order valence-corrected chi connectivity index (χ4v) is 5.97. The van der Waals surface area contributed by atoms with Gasteiger partial charge in [-0.1, -0.05) is 69.5 Å². The van der Waals surface area contributed by atoms with Crippen molar-refractivity contribution in [1.29, 1.82) is 0 Å². The average Bonchev–Trinajstić information content (AvgIpc) is 3.56. The van der Waals surface area contributed by atoms with Gasteiger partial charge < -0.3 is 29.7 Å². The molecule has 2 aromatic rings. The molecule has 2 fully saturated rings. The summed E-state index contributed by atoms with van der Waals surface area (Å²) in [7, 11) is 0. The van der Waals surface area contributed by atoms with Gasteiger partial charge in [0.1, 0.15) is 12.2 Å². The molecule has 0 spiro atoms. The van der Waals surface area contributed by atoms with Crippen molar-refractivity contribution in [3.63, 3.8) is 0 Å². The van der Waals surface area contributed by atoms with Crippen LogP contribution in [0.1, 0.15) is 91.5 Å². The highest BCUT2D eigenvalue weighted by Crippen LogP contribution is 2.19. The lowest BCUT2D eigenvalue weighted by Crippen LogP contribution is -2.52. The minimum Gasteiger partial charge on any atom is -0.428 e. The summed E-state index contributed by atoms with van der Waals surface area (Å²) >= 11 is 0. The first kappa shape index (κ1) is 33.5. The van der Waals surface area contributed by atoms with Gasteiger partial charge in [0.15, 0.2) is 0 Å². The van der Waals surface area contributed by atoms with E-state index in [1.807, 2.05) is 49.1 Å². The Morgan fingerprint density at radius 3 is 2.34 bits per heavy atom. The van der Waals surface area contributed by atoms with Gasteiger partial charge in [-0.15, -0.1) is 0 Å². The van der Waals surface area contributed by atoms with Crippen LogP contribution in [0.25, 0.3) is 0 Å². The topological polar surface area (TPSA) is 106 Å². The highest BCUT2D eigenvalue weighted by molar-refractivity contribution is 5.99. The molecule has 2 aliphatic rings. The van der Waals surface area contributed by atoms with E-state index in [4.69, 9.17) is 14.2 Å². The largest absolute Gasteiger partial charge is 0.509 e. The molecule has 44 heavy (non-hydrogen) atoms. The third kappa shape index (κ3) is 10.3. The highest BCUT2D eigenvalue weighted by Gasteiger charge is 2.31. The van der Waals surface area contributed by atoms with E-state index in [2.05, 4.69) is 10.6 Å². The number of ether oxygens (including phenoxy) is 3. The third-order valence-electron chi connectivity index (χ3n) is 8.32. The molecular weight excluding hydrogens is 558 g/mol. The Morgan fingerprint density at radius 1 is 0.932 bits per heavy atom. The quantitative estimate of drug-likeness (QED) is 0.257. The maximum Gasteiger partial charge on any atom is 0.509 e. The van der Waals surface area contributed by atoms with Crippen LogP contribution in [0.15, 0.2) is 54.6 Å². The lowest BCUT2D eigenvalue weighted by Gasteiger charge is -2.31. The van der Waals surface area contributed by atoms with Crippen LogP contribution in [0, 0.1) is 0 Å². The number of carbonyl (C=O) groups is 3. The van der Waals surface area contributed by atoms with E-state index < -0.39 is 18.3 Å². The van der Waals surface area contributed by atoms with Gasteiger partial charge in [-0.3, -0.25) is 9.59 Å². The second-order valence-corrected chi connectivity index (χ2v) is 11.9. The van der Waals surface area contributed by atoms with E-state index >= 15 is 0 Å². The van der Waals surface area contributed by atoms with Crippen LogP contribution in [0.2, 0.25) is 0 Å². The predicted octanol–water partition coefficient (Wildman–Crippen LogP) is 5.52. The summed E-state index contributed by atoms with van der Waals surface area (Å²) in [6, 6.07) is 16.5. The maximum atomic E-state index is 13.8. The summed E-state index contributed by atoms with van der Waals surface area (Å²) in [6.45, 7) is 6.70. The molecule has 0 bridgehead atoms. The minimum absolute atomic E-state index is 0.0827. The standard InChI is InChI=1S/C35H49N3O6/c1-3-19-38(20-4-2)34(40)28-15-11-14-27(23-28)33(39)37-31(22-26-12-7-5-8-13-26)32(24-36-29-16-9-6-10-17-29)44-35(41)43-30-18-21-42-25-30/h5,7-8,11-15,23,29-32,36H,3-4,6,9-10,16-22,24-25H2,1-2H3,(H,37,39)/t30?,31-,32?/m0/s1. The van der Waals surface area contributed by atoms with E-state index in [1.165, 1.54) is 19.3 Å². The molecule has 4 rings (SSSR count). The molecule has 3 atom stereocenters. The lowest BCUT2D eigenvalue weighted by molar-refractivity contribution is -0.0139. The summed E-state index contributed by atoms with van der Waals surface area (Å²) in [4.78, 5) is 41.9. The molecule has 1 saturated carbocycles. The number of amides is 2.